The summed E-state index contributed by atoms with van der Waals surface area (Å²) in [5.74, 6) is -0.360. The Balaban J connectivity index is 3.59. The van der Waals surface area contributed by atoms with Crippen molar-refractivity contribution >= 4 is 13.4 Å². The number of hydrogen-bond donors (Lipinski definition) is 3. The Morgan fingerprint density at radius 3 is 1.87 bits per heavy atom. The van der Waals surface area contributed by atoms with E-state index in [1.807, 2.05) is 0 Å². The van der Waals surface area contributed by atoms with E-state index in [0.717, 1.165) is 38.5 Å². The van der Waals surface area contributed by atoms with Crippen LogP contribution < -0.4 is 0 Å². The number of unbranched alkanes of at least 4 members (excludes halogenated alkanes) is 11. The molecular weight excluding hydrogens is 413 g/mol. The SMILES string of the molecule is CCCCCCCC/C=C\CCCCCCCC(=O)C[C@H](O)CC(F)(F)P(=O)(O)O. The van der Waals surface area contributed by atoms with Crippen LogP contribution in [0.3, 0.4) is 0 Å². The molecule has 0 radical (unpaired) electrons. The lowest BCUT2D eigenvalue weighted by Gasteiger charge is -2.20. The summed E-state index contributed by atoms with van der Waals surface area (Å²) in [6.07, 6.45) is 15.8. The monoisotopic (exact) mass is 454 g/mol. The van der Waals surface area contributed by atoms with Crippen LogP contribution in [0.1, 0.15) is 110 Å². The number of carbonyl (C=O) groups excluding carboxylic acids is 1. The van der Waals surface area contributed by atoms with Gasteiger partial charge >= 0.3 is 13.3 Å². The zero-order valence-electron chi connectivity index (χ0n) is 18.4. The van der Waals surface area contributed by atoms with Crippen molar-refractivity contribution in [1.82, 2.24) is 0 Å². The summed E-state index contributed by atoms with van der Waals surface area (Å²) in [4.78, 5) is 28.8. The molecule has 8 heteroatoms. The van der Waals surface area contributed by atoms with Crippen molar-refractivity contribution < 1.29 is 33.0 Å². The molecule has 0 bridgehead atoms. The van der Waals surface area contributed by atoms with Gasteiger partial charge in [0.25, 0.3) is 0 Å². The van der Waals surface area contributed by atoms with Crippen molar-refractivity contribution in [3.63, 3.8) is 0 Å². The van der Waals surface area contributed by atoms with Crippen LogP contribution in [0.15, 0.2) is 12.2 Å². The molecule has 0 saturated heterocycles. The number of alkyl halides is 2. The number of aliphatic hydroxyl groups is 1. The van der Waals surface area contributed by atoms with E-state index in [4.69, 9.17) is 9.79 Å². The summed E-state index contributed by atoms with van der Waals surface area (Å²) < 4.78 is 37.0. The van der Waals surface area contributed by atoms with E-state index in [-0.39, 0.29) is 12.2 Å². The Morgan fingerprint density at radius 1 is 0.900 bits per heavy atom. The highest BCUT2D eigenvalue weighted by Gasteiger charge is 2.49. The van der Waals surface area contributed by atoms with Crippen LogP contribution in [-0.2, 0) is 9.36 Å². The molecule has 178 valence electrons. The molecule has 1 atom stereocenters. The molecule has 0 fully saturated rings. The molecular formula is C22H41F2O5P. The van der Waals surface area contributed by atoms with Gasteiger partial charge < -0.3 is 14.9 Å². The summed E-state index contributed by atoms with van der Waals surface area (Å²) in [5, 5.41) is 9.49. The van der Waals surface area contributed by atoms with Gasteiger partial charge in [-0.15, -0.1) is 0 Å². The highest BCUT2D eigenvalue weighted by Crippen LogP contribution is 2.55. The van der Waals surface area contributed by atoms with Gasteiger partial charge in [-0.25, -0.2) is 0 Å². The summed E-state index contributed by atoms with van der Waals surface area (Å²) in [6, 6.07) is 0. The van der Waals surface area contributed by atoms with Crippen LogP contribution in [0.5, 0.6) is 0 Å². The number of rotatable bonds is 20. The minimum atomic E-state index is -5.63. The fourth-order valence-electron chi connectivity index (χ4n) is 3.23. The topological polar surface area (TPSA) is 94.8 Å². The van der Waals surface area contributed by atoms with Crippen molar-refractivity contribution in [3.8, 4) is 0 Å². The normalized spacial score (nSPS) is 13.8. The maximum atomic E-state index is 13.2. The number of halogens is 2. The molecule has 0 aromatic heterocycles. The number of ketones is 1. The number of Topliss-reactive ketones (excluding diaryl/α,β-unsaturated/α-hetero) is 1. The van der Waals surface area contributed by atoms with Crippen molar-refractivity contribution in [2.24, 2.45) is 0 Å². The molecule has 5 nitrogen and oxygen atoms in total. The van der Waals surface area contributed by atoms with Crippen molar-refractivity contribution in [2.45, 2.75) is 121 Å². The highest BCUT2D eigenvalue weighted by atomic mass is 31.2. The van der Waals surface area contributed by atoms with Gasteiger partial charge in [0, 0.05) is 12.8 Å². The number of aliphatic hydroxyl groups excluding tert-OH is 1. The van der Waals surface area contributed by atoms with Crippen molar-refractivity contribution in [2.75, 3.05) is 0 Å². The first kappa shape index (κ1) is 29.4. The quantitative estimate of drug-likeness (QED) is 0.111. The molecule has 0 aliphatic heterocycles. The van der Waals surface area contributed by atoms with E-state index in [2.05, 4.69) is 19.1 Å². The molecule has 0 spiro atoms. The first-order valence-electron chi connectivity index (χ1n) is 11.4. The highest BCUT2D eigenvalue weighted by molar-refractivity contribution is 7.53. The molecule has 30 heavy (non-hydrogen) atoms. The van der Waals surface area contributed by atoms with E-state index >= 15 is 0 Å². The smallest absolute Gasteiger partial charge is 0.392 e. The first-order valence-corrected chi connectivity index (χ1v) is 13.0. The number of carbonyl (C=O) groups is 1. The second-order valence-electron chi connectivity index (χ2n) is 8.14. The van der Waals surface area contributed by atoms with Crippen LogP contribution in [0.2, 0.25) is 0 Å². The van der Waals surface area contributed by atoms with Crippen LogP contribution in [0, 0.1) is 0 Å². The molecule has 0 unspecified atom stereocenters. The van der Waals surface area contributed by atoms with Gasteiger partial charge in [-0.05, 0) is 32.1 Å². The van der Waals surface area contributed by atoms with Gasteiger partial charge in [-0.3, -0.25) is 9.36 Å². The van der Waals surface area contributed by atoms with Gasteiger partial charge in [0.05, 0.1) is 12.5 Å². The lowest BCUT2D eigenvalue weighted by Crippen LogP contribution is -2.26. The zero-order chi connectivity index (χ0) is 22.9. The van der Waals surface area contributed by atoms with E-state index in [9.17, 15) is 23.2 Å². The van der Waals surface area contributed by atoms with Gasteiger partial charge in [-0.2, -0.15) is 8.78 Å². The third-order valence-electron chi connectivity index (χ3n) is 5.09. The predicted octanol–water partition coefficient (Wildman–Crippen LogP) is 6.50. The van der Waals surface area contributed by atoms with E-state index < -0.39 is 32.2 Å². The lowest BCUT2D eigenvalue weighted by atomic mass is 10.0. The van der Waals surface area contributed by atoms with Crippen molar-refractivity contribution in [1.29, 1.82) is 0 Å². The van der Waals surface area contributed by atoms with E-state index in [0.29, 0.717) is 6.42 Å². The minimum Gasteiger partial charge on any atom is -0.392 e. The molecule has 0 saturated carbocycles. The predicted molar refractivity (Wildman–Crippen MR) is 117 cm³/mol. The summed E-state index contributed by atoms with van der Waals surface area (Å²) in [6.45, 7) is 2.22. The van der Waals surface area contributed by atoms with Gasteiger partial charge in [-0.1, -0.05) is 70.4 Å². The molecule has 0 aliphatic carbocycles. The maximum Gasteiger partial charge on any atom is 0.394 e. The molecule has 0 heterocycles. The van der Waals surface area contributed by atoms with E-state index in [1.54, 1.807) is 0 Å². The van der Waals surface area contributed by atoms with Crippen LogP contribution in [0.25, 0.3) is 0 Å². The summed E-state index contributed by atoms with van der Waals surface area (Å²) >= 11 is 0. The van der Waals surface area contributed by atoms with Crippen LogP contribution in [0.4, 0.5) is 8.78 Å². The fourth-order valence-corrected chi connectivity index (χ4v) is 3.68. The number of hydrogen-bond acceptors (Lipinski definition) is 3. The standard InChI is InChI=1S/C22H41F2O5P/c1-2-3-4-5-6-7-8-9-10-11-12-13-14-15-16-17-20(25)18-21(26)19-22(23,24)30(27,28)29/h9-10,21,26H,2-8,11-19H2,1H3,(H2,27,28,29)/b10-9-/t21-/m0/s1. The fraction of sp³-hybridized carbons (Fsp3) is 0.864. The third kappa shape index (κ3) is 16.1. The molecule has 0 aliphatic rings. The molecule has 0 aromatic carbocycles. The van der Waals surface area contributed by atoms with Gasteiger partial charge in [0.15, 0.2) is 0 Å². The second-order valence-corrected chi connectivity index (χ2v) is 9.89. The lowest BCUT2D eigenvalue weighted by molar-refractivity contribution is -0.121. The van der Waals surface area contributed by atoms with E-state index in [1.165, 1.54) is 38.5 Å². The first-order chi connectivity index (χ1) is 14.1. The largest absolute Gasteiger partial charge is 0.394 e. The Kier molecular flexibility index (Phi) is 16.6. The Labute approximate surface area is 180 Å². The maximum absolute atomic E-state index is 13.2. The summed E-state index contributed by atoms with van der Waals surface area (Å²) in [5.41, 5.74) is -4.31. The Bertz CT molecular complexity index is 520. The van der Waals surface area contributed by atoms with Gasteiger partial charge in [0.2, 0.25) is 0 Å². The summed E-state index contributed by atoms with van der Waals surface area (Å²) in [7, 11) is -5.63. The van der Waals surface area contributed by atoms with Crippen molar-refractivity contribution in [3.05, 3.63) is 12.2 Å². The van der Waals surface area contributed by atoms with Crippen LogP contribution in [-0.4, -0.2) is 32.4 Å². The Hall–Kier alpha value is -0.620. The molecule has 0 aromatic rings. The Morgan fingerprint density at radius 2 is 1.37 bits per heavy atom. The molecule has 0 amide bonds. The minimum absolute atomic E-state index is 0.191. The second kappa shape index (κ2) is 17.0. The zero-order valence-corrected chi connectivity index (χ0v) is 19.3. The third-order valence-corrected chi connectivity index (χ3v) is 6.12. The molecule has 3 N–H and O–H groups in total. The number of allylic oxidation sites excluding steroid dienone is 2. The average molecular weight is 455 g/mol. The van der Waals surface area contributed by atoms with Gasteiger partial charge in [0.1, 0.15) is 5.78 Å². The van der Waals surface area contributed by atoms with Crippen LogP contribution >= 0.6 is 7.60 Å². The molecule has 0 rings (SSSR count). The average Bonchev–Trinajstić information content (AvgIpc) is 2.63.